The van der Waals surface area contributed by atoms with Crippen LogP contribution in [0, 0.1) is 13.8 Å². The van der Waals surface area contributed by atoms with Crippen molar-refractivity contribution in [3.8, 4) is 0 Å². The first-order valence-electron chi connectivity index (χ1n) is 5.63. The van der Waals surface area contributed by atoms with Crippen molar-refractivity contribution < 1.29 is 4.79 Å². The van der Waals surface area contributed by atoms with E-state index in [4.69, 9.17) is 11.6 Å². The number of aromatic nitrogens is 2. The Hall–Kier alpha value is -1.74. The molecule has 0 spiro atoms. The van der Waals surface area contributed by atoms with Crippen LogP contribution in [0.4, 0.5) is 0 Å². The Labute approximate surface area is 111 Å². The molecule has 18 heavy (non-hydrogen) atoms. The van der Waals surface area contributed by atoms with Crippen LogP contribution in [0.1, 0.15) is 27.3 Å². The average Bonchev–Trinajstić information content (AvgIpc) is 2.31. The van der Waals surface area contributed by atoms with Crippen LogP contribution >= 0.6 is 11.6 Å². The van der Waals surface area contributed by atoms with Gasteiger partial charge in [0.1, 0.15) is 0 Å². The highest BCUT2D eigenvalue weighted by Crippen LogP contribution is 2.16. The van der Waals surface area contributed by atoms with E-state index in [1.54, 1.807) is 30.6 Å². The number of nitrogens with zero attached hydrogens (tertiary/aromatic N) is 2. The van der Waals surface area contributed by atoms with Crippen LogP contribution in [0.3, 0.4) is 0 Å². The second kappa shape index (κ2) is 5.27. The van der Waals surface area contributed by atoms with Crippen molar-refractivity contribution in [3.05, 3.63) is 58.1 Å². The highest BCUT2D eigenvalue weighted by Gasteiger charge is 2.10. The molecule has 0 radical (unpaired) electrons. The molecule has 0 bridgehead atoms. The van der Waals surface area contributed by atoms with Crippen LogP contribution in [0.25, 0.3) is 0 Å². The van der Waals surface area contributed by atoms with E-state index in [9.17, 15) is 4.79 Å². The number of hydrogen-bond acceptors (Lipinski definition) is 3. The standard InChI is InChI=1S/C14H13ClN2O/c1-9-5-12(6-10(2)17-9)14(18)7-11-3-4-16-8-13(11)15/h3-6,8H,7H2,1-2H3. The molecule has 92 valence electrons. The summed E-state index contributed by atoms with van der Waals surface area (Å²) in [5.74, 6) is 0.0386. The average molecular weight is 261 g/mol. The minimum atomic E-state index is 0.0386. The van der Waals surface area contributed by atoms with Gasteiger partial charge in [-0.25, -0.2) is 0 Å². The third-order valence-electron chi connectivity index (χ3n) is 2.61. The third-order valence-corrected chi connectivity index (χ3v) is 2.95. The normalized spacial score (nSPS) is 10.4. The lowest BCUT2D eigenvalue weighted by Gasteiger charge is -2.05. The van der Waals surface area contributed by atoms with Crippen LogP contribution in [-0.2, 0) is 6.42 Å². The fourth-order valence-corrected chi connectivity index (χ4v) is 2.00. The van der Waals surface area contributed by atoms with Gasteiger partial charge in [0.15, 0.2) is 5.78 Å². The van der Waals surface area contributed by atoms with Crippen molar-refractivity contribution in [3.63, 3.8) is 0 Å². The Morgan fingerprint density at radius 2 is 1.94 bits per heavy atom. The number of hydrogen-bond donors (Lipinski definition) is 0. The van der Waals surface area contributed by atoms with Gasteiger partial charge in [-0.2, -0.15) is 0 Å². The number of pyridine rings is 2. The lowest BCUT2D eigenvalue weighted by molar-refractivity contribution is 0.0992. The van der Waals surface area contributed by atoms with E-state index in [0.29, 0.717) is 10.6 Å². The maximum atomic E-state index is 12.2. The minimum Gasteiger partial charge on any atom is -0.294 e. The summed E-state index contributed by atoms with van der Waals surface area (Å²) in [6.45, 7) is 3.76. The van der Waals surface area contributed by atoms with Gasteiger partial charge in [-0.1, -0.05) is 11.6 Å². The Kier molecular flexibility index (Phi) is 3.72. The largest absolute Gasteiger partial charge is 0.294 e. The fraction of sp³-hybridized carbons (Fsp3) is 0.214. The molecule has 4 heteroatoms. The van der Waals surface area contributed by atoms with E-state index < -0.39 is 0 Å². The van der Waals surface area contributed by atoms with Crippen molar-refractivity contribution in [2.75, 3.05) is 0 Å². The molecule has 0 saturated heterocycles. The summed E-state index contributed by atoms with van der Waals surface area (Å²) in [4.78, 5) is 20.3. The molecule has 0 saturated carbocycles. The number of ketones is 1. The summed E-state index contributed by atoms with van der Waals surface area (Å²) in [6.07, 6.45) is 3.47. The number of halogens is 1. The SMILES string of the molecule is Cc1cc(C(=O)Cc2ccncc2Cl)cc(C)n1. The Bertz CT molecular complexity index is 576. The first-order chi connectivity index (χ1) is 8.56. The van der Waals surface area contributed by atoms with E-state index in [0.717, 1.165) is 17.0 Å². The highest BCUT2D eigenvalue weighted by atomic mass is 35.5. The fourth-order valence-electron chi connectivity index (χ4n) is 1.82. The van der Waals surface area contributed by atoms with E-state index >= 15 is 0 Å². The number of carbonyl (C=O) groups is 1. The maximum Gasteiger partial charge on any atom is 0.167 e. The van der Waals surface area contributed by atoms with Crippen molar-refractivity contribution >= 4 is 17.4 Å². The van der Waals surface area contributed by atoms with Crippen molar-refractivity contribution in [1.82, 2.24) is 9.97 Å². The van der Waals surface area contributed by atoms with Crippen LogP contribution < -0.4 is 0 Å². The van der Waals surface area contributed by atoms with E-state index in [-0.39, 0.29) is 12.2 Å². The second-order valence-electron chi connectivity index (χ2n) is 4.21. The van der Waals surface area contributed by atoms with E-state index in [1.807, 2.05) is 13.8 Å². The first kappa shape index (κ1) is 12.7. The molecular formula is C14H13ClN2O. The summed E-state index contributed by atoms with van der Waals surface area (Å²) >= 11 is 5.99. The maximum absolute atomic E-state index is 12.2. The number of Topliss-reactive ketones (excluding diaryl/α,β-unsaturated/α-hetero) is 1. The molecule has 2 rings (SSSR count). The molecule has 0 N–H and O–H groups in total. The predicted molar refractivity (Wildman–Crippen MR) is 71.0 cm³/mol. The highest BCUT2D eigenvalue weighted by molar-refractivity contribution is 6.31. The van der Waals surface area contributed by atoms with Gasteiger partial charge in [0, 0.05) is 35.8 Å². The van der Waals surface area contributed by atoms with Crippen LogP contribution in [0.15, 0.2) is 30.6 Å². The second-order valence-corrected chi connectivity index (χ2v) is 4.61. The summed E-state index contributed by atoms with van der Waals surface area (Å²) < 4.78 is 0. The van der Waals surface area contributed by atoms with Crippen LogP contribution in [0.5, 0.6) is 0 Å². The number of aryl methyl sites for hydroxylation is 2. The third kappa shape index (κ3) is 2.93. The quantitative estimate of drug-likeness (QED) is 0.796. The van der Waals surface area contributed by atoms with E-state index in [1.165, 1.54) is 0 Å². The lowest BCUT2D eigenvalue weighted by Crippen LogP contribution is -2.06. The molecule has 2 heterocycles. The van der Waals surface area contributed by atoms with Crippen LogP contribution in [0.2, 0.25) is 5.02 Å². The van der Waals surface area contributed by atoms with Crippen LogP contribution in [-0.4, -0.2) is 15.8 Å². The summed E-state index contributed by atoms with van der Waals surface area (Å²) in [5, 5.41) is 0.522. The van der Waals surface area contributed by atoms with Gasteiger partial charge in [0.25, 0.3) is 0 Å². The molecule has 0 unspecified atom stereocenters. The molecular weight excluding hydrogens is 248 g/mol. The number of rotatable bonds is 3. The summed E-state index contributed by atoms with van der Waals surface area (Å²) in [5.41, 5.74) is 3.16. The lowest BCUT2D eigenvalue weighted by atomic mass is 10.0. The van der Waals surface area contributed by atoms with Gasteiger partial charge in [-0.3, -0.25) is 14.8 Å². The zero-order valence-corrected chi connectivity index (χ0v) is 11.0. The van der Waals surface area contributed by atoms with Gasteiger partial charge in [-0.15, -0.1) is 0 Å². The molecule has 0 atom stereocenters. The Morgan fingerprint density at radius 1 is 1.28 bits per heavy atom. The Balaban J connectivity index is 2.25. The minimum absolute atomic E-state index is 0.0386. The molecule has 0 amide bonds. The van der Waals surface area contributed by atoms with Crippen molar-refractivity contribution in [2.45, 2.75) is 20.3 Å². The predicted octanol–water partition coefficient (Wildman–Crippen LogP) is 3.17. The van der Waals surface area contributed by atoms with E-state index in [2.05, 4.69) is 9.97 Å². The van der Waals surface area contributed by atoms with Gasteiger partial charge in [0.05, 0.1) is 5.02 Å². The molecule has 2 aromatic rings. The first-order valence-corrected chi connectivity index (χ1v) is 6.01. The van der Waals surface area contributed by atoms with Gasteiger partial charge >= 0.3 is 0 Å². The summed E-state index contributed by atoms with van der Waals surface area (Å²) in [6, 6.07) is 5.36. The molecule has 2 aromatic heterocycles. The van der Waals surface area contributed by atoms with Gasteiger partial charge in [-0.05, 0) is 37.6 Å². The molecule has 0 fully saturated rings. The van der Waals surface area contributed by atoms with Crippen molar-refractivity contribution in [2.24, 2.45) is 0 Å². The monoisotopic (exact) mass is 260 g/mol. The molecule has 0 aliphatic carbocycles. The molecule has 0 aromatic carbocycles. The topological polar surface area (TPSA) is 42.9 Å². The van der Waals surface area contributed by atoms with Gasteiger partial charge in [0.2, 0.25) is 0 Å². The Morgan fingerprint density at radius 3 is 2.56 bits per heavy atom. The van der Waals surface area contributed by atoms with Gasteiger partial charge < -0.3 is 0 Å². The smallest absolute Gasteiger partial charge is 0.167 e. The zero-order chi connectivity index (χ0) is 13.1. The molecule has 0 aliphatic rings. The molecule has 0 aliphatic heterocycles. The summed E-state index contributed by atoms with van der Waals surface area (Å²) in [7, 11) is 0. The zero-order valence-electron chi connectivity index (χ0n) is 10.3. The molecule has 3 nitrogen and oxygen atoms in total. The number of carbonyl (C=O) groups excluding carboxylic acids is 1. The van der Waals surface area contributed by atoms with Crippen molar-refractivity contribution in [1.29, 1.82) is 0 Å².